The van der Waals surface area contributed by atoms with Gasteiger partial charge in [0.1, 0.15) is 23.5 Å². The van der Waals surface area contributed by atoms with Crippen molar-refractivity contribution in [2.75, 3.05) is 30.3 Å². The number of hydrogen-bond donors (Lipinski definition) is 3. The standard InChI is InChI=1S/C43H48Cl2FN5O5Si/c1-27-39-28(20-30(44)22-33(39)45)18-19-51(27)38(52)25-48-36-23-35(29(24-47)21-34(36)46)49-40(53)37(50-41(54)56-42(2,3)4)26-55-57(43(5,6)7,31-14-10-8-11-15-31)32-16-12-9-13-17-32/h8-17,20-23,27,37,48H,18-19,25-26H2,1-7H3,(H,49,53)(H,50,54)/t27?,37-/m0/s1. The van der Waals surface area contributed by atoms with Crippen molar-refractivity contribution in [2.45, 2.75) is 77.6 Å². The fourth-order valence-electron chi connectivity index (χ4n) is 7.24. The molecule has 14 heteroatoms. The van der Waals surface area contributed by atoms with Gasteiger partial charge in [-0.3, -0.25) is 9.59 Å². The van der Waals surface area contributed by atoms with Gasteiger partial charge >= 0.3 is 6.09 Å². The third-order valence-electron chi connectivity index (χ3n) is 9.81. The Kier molecular flexibility index (Phi) is 13.4. The summed E-state index contributed by atoms with van der Waals surface area (Å²) >= 11 is 12.7. The van der Waals surface area contributed by atoms with Crippen LogP contribution in [0.5, 0.6) is 0 Å². The van der Waals surface area contributed by atoms with Gasteiger partial charge in [-0.15, -0.1) is 0 Å². The summed E-state index contributed by atoms with van der Waals surface area (Å²) in [5.74, 6) is -1.84. The van der Waals surface area contributed by atoms with E-state index in [2.05, 4.69) is 36.7 Å². The maximum Gasteiger partial charge on any atom is 0.408 e. The van der Waals surface area contributed by atoms with Crippen LogP contribution >= 0.6 is 23.2 Å². The van der Waals surface area contributed by atoms with Crippen LogP contribution in [0.25, 0.3) is 0 Å². The molecule has 57 heavy (non-hydrogen) atoms. The lowest BCUT2D eigenvalue weighted by Crippen LogP contribution is -2.67. The number of nitrogens with one attached hydrogen (secondary N) is 3. The minimum Gasteiger partial charge on any atom is -0.444 e. The molecule has 0 radical (unpaired) electrons. The summed E-state index contributed by atoms with van der Waals surface area (Å²) in [6.07, 6.45) is -0.307. The monoisotopic (exact) mass is 831 g/mol. The van der Waals surface area contributed by atoms with Crippen molar-refractivity contribution >= 4 is 71.2 Å². The van der Waals surface area contributed by atoms with E-state index in [1.165, 1.54) is 6.07 Å². The van der Waals surface area contributed by atoms with E-state index in [1.54, 1.807) is 31.7 Å². The van der Waals surface area contributed by atoms with Crippen LogP contribution in [-0.4, -0.2) is 62.5 Å². The van der Waals surface area contributed by atoms with Crippen LogP contribution < -0.4 is 26.3 Å². The van der Waals surface area contributed by atoms with Gasteiger partial charge in [-0.25, -0.2) is 9.18 Å². The van der Waals surface area contributed by atoms with Crippen molar-refractivity contribution in [3.63, 3.8) is 0 Å². The van der Waals surface area contributed by atoms with E-state index in [-0.39, 0.29) is 42.0 Å². The largest absolute Gasteiger partial charge is 0.444 e. The van der Waals surface area contributed by atoms with E-state index in [0.717, 1.165) is 27.6 Å². The molecule has 300 valence electrons. The molecule has 4 aromatic rings. The molecule has 0 fully saturated rings. The second-order valence-electron chi connectivity index (χ2n) is 16.0. The summed E-state index contributed by atoms with van der Waals surface area (Å²) in [4.78, 5) is 42.5. The highest BCUT2D eigenvalue weighted by molar-refractivity contribution is 6.99. The van der Waals surface area contributed by atoms with Gasteiger partial charge in [-0.05, 0) is 84.9 Å². The normalized spacial score (nSPS) is 14.8. The average molecular weight is 833 g/mol. The third-order valence-corrected chi connectivity index (χ3v) is 15.3. The molecular weight excluding hydrogens is 784 g/mol. The number of carbonyl (C=O) groups is 3. The van der Waals surface area contributed by atoms with Gasteiger partial charge in [0.15, 0.2) is 0 Å². The van der Waals surface area contributed by atoms with Crippen molar-refractivity contribution < 1.29 is 27.9 Å². The highest BCUT2D eigenvalue weighted by atomic mass is 35.5. The van der Waals surface area contributed by atoms with Crippen molar-refractivity contribution in [3.8, 4) is 6.07 Å². The maximum atomic E-state index is 15.4. The number of carbonyl (C=O) groups excluding carboxylic acids is 3. The highest BCUT2D eigenvalue weighted by Crippen LogP contribution is 2.38. The number of halogens is 3. The number of hydrogen-bond acceptors (Lipinski definition) is 7. The summed E-state index contributed by atoms with van der Waals surface area (Å²) in [6, 6.07) is 25.6. The summed E-state index contributed by atoms with van der Waals surface area (Å²) in [6.45, 7) is 13.1. The van der Waals surface area contributed by atoms with Gasteiger partial charge in [-0.1, -0.05) is 105 Å². The number of ether oxygens (including phenoxy) is 1. The number of amides is 3. The molecule has 3 amide bonds. The molecule has 0 spiro atoms. The minimum atomic E-state index is -3.18. The van der Waals surface area contributed by atoms with E-state index in [4.69, 9.17) is 32.4 Å². The van der Waals surface area contributed by atoms with Crippen LogP contribution in [0.15, 0.2) is 84.9 Å². The second kappa shape index (κ2) is 17.7. The lowest BCUT2D eigenvalue weighted by molar-refractivity contribution is -0.131. The molecule has 3 N–H and O–H groups in total. The Labute approximate surface area is 344 Å². The fraction of sp³-hybridized carbons (Fsp3) is 0.349. The first-order valence-electron chi connectivity index (χ1n) is 18.6. The van der Waals surface area contributed by atoms with Crippen LogP contribution in [0, 0.1) is 17.1 Å². The third kappa shape index (κ3) is 9.97. The average Bonchev–Trinajstić information content (AvgIpc) is 3.13. The number of anilines is 2. The van der Waals surface area contributed by atoms with E-state index < -0.39 is 42.8 Å². The molecule has 1 aliphatic heterocycles. The van der Waals surface area contributed by atoms with Crippen LogP contribution in [0.3, 0.4) is 0 Å². The first-order valence-corrected chi connectivity index (χ1v) is 21.3. The van der Waals surface area contributed by atoms with Crippen LogP contribution in [0.4, 0.5) is 20.6 Å². The first kappa shape index (κ1) is 43.2. The van der Waals surface area contributed by atoms with Gasteiger partial charge < -0.3 is 30.0 Å². The Bertz CT molecular complexity index is 2120. The second-order valence-corrected chi connectivity index (χ2v) is 21.1. The quantitative estimate of drug-likeness (QED) is 0.131. The molecule has 1 unspecified atom stereocenters. The van der Waals surface area contributed by atoms with Crippen molar-refractivity contribution in [3.05, 3.63) is 117 Å². The minimum absolute atomic E-state index is 0.0378. The predicted octanol–water partition coefficient (Wildman–Crippen LogP) is 7.97. The van der Waals surface area contributed by atoms with E-state index in [9.17, 15) is 19.6 Å². The lowest BCUT2D eigenvalue weighted by Gasteiger charge is -2.43. The fourth-order valence-corrected chi connectivity index (χ4v) is 12.5. The van der Waals surface area contributed by atoms with Crippen molar-refractivity contribution in [1.29, 1.82) is 5.26 Å². The van der Waals surface area contributed by atoms with Crippen LogP contribution in [0.1, 0.15) is 71.2 Å². The van der Waals surface area contributed by atoms with Crippen LogP contribution in [0.2, 0.25) is 15.1 Å². The highest BCUT2D eigenvalue weighted by Gasteiger charge is 2.50. The smallest absolute Gasteiger partial charge is 0.408 e. The molecule has 0 bridgehead atoms. The first-order chi connectivity index (χ1) is 26.8. The predicted molar refractivity (Wildman–Crippen MR) is 225 cm³/mol. The van der Waals surface area contributed by atoms with Gasteiger partial charge in [0.05, 0.1) is 36.1 Å². The molecule has 1 heterocycles. The van der Waals surface area contributed by atoms with E-state index in [0.29, 0.717) is 23.0 Å². The molecule has 2 atom stereocenters. The molecule has 4 aromatic carbocycles. The number of nitrogens with zero attached hydrogens (tertiary/aromatic N) is 2. The Morgan fingerprint density at radius 1 is 0.947 bits per heavy atom. The number of alkyl carbamates (subject to hydrolysis) is 1. The van der Waals surface area contributed by atoms with E-state index in [1.807, 2.05) is 79.7 Å². The number of rotatable bonds is 11. The molecule has 0 saturated carbocycles. The maximum absolute atomic E-state index is 15.4. The molecule has 5 rings (SSSR count). The summed E-state index contributed by atoms with van der Waals surface area (Å²) in [5, 5.41) is 20.6. The Morgan fingerprint density at radius 2 is 1.56 bits per heavy atom. The van der Waals surface area contributed by atoms with Gasteiger partial charge in [0, 0.05) is 16.6 Å². The molecule has 0 aromatic heterocycles. The Balaban J connectivity index is 1.42. The molecular formula is C43H48Cl2FN5O5Si. The zero-order valence-corrected chi connectivity index (χ0v) is 35.6. The zero-order chi connectivity index (χ0) is 41.7. The van der Waals surface area contributed by atoms with Gasteiger partial charge in [0.2, 0.25) is 11.8 Å². The Hall–Kier alpha value is -4.93. The van der Waals surface area contributed by atoms with Crippen LogP contribution in [-0.2, 0) is 25.2 Å². The molecule has 0 aliphatic carbocycles. The van der Waals surface area contributed by atoms with Gasteiger partial charge in [0.25, 0.3) is 8.32 Å². The molecule has 0 saturated heterocycles. The SMILES string of the molecule is CC1c2c(Cl)cc(Cl)cc2CCN1C(=O)CNc1cc(NC(=O)[C@H](CO[Si](c2ccccc2)(c2ccccc2)C(C)(C)C)NC(=O)OC(C)(C)C)c(C#N)cc1F. The van der Waals surface area contributed by atoms with Crippen molar-refractivity contribution in [1.82, 2.24) is 10.2 Å². The molecule has 10 nitrogen and oxygen atoms in total. The summed E-state index contributed by atoms with van der Waals surface area (Å²) in [5.41, 5.74) is 0.575. The lowest BCUT2D eigenvalue weighted by atomic mass is 9.93. The number of nitriles is 1. The number of benzene rings is 4. The topological polar surface area (TPSA) is 133 Å². The number of fused-ring (bicyclic) bond motifs is 1. The summed E-state index contributed by atoms with van der Waals surface area (Å²) < 4.78 is 27.9. The van der Waals surface area contributed by atoms with Crippen molar-refractivity contribution in [2.24, 2.45) is 0 Å². The van der Waals surface area contributed by atoms with E-state index >= 15 is 4.39 Å². The van der Waals surface area contributed by atoms with Gasteiger partial charge in [-0.2, -0.15) is 5.26 Å². The zero-order valence-electron chi connectivity index (χ0n) is 33.1. The molecule has 1 aliphatic rings. The summed E-state index contributed by atoms with van der Waals surface area (Å²) in [7, 11) is -3.18. The Morgan fingerprint density at radius 3 is 2.12 bits per heavy atom.